The largest absolute Gasteiger partial charge is 0.315 e. The van der Waals surface area contributed by atoms with Crippen molar-refractivity contribution in [3.63, 3.8) is 0 Å². The Morgan fingerprint density at radius 1 is 1.69 bits per heavy atom. The predicted octanol–water partition coefficient (Wildman–Crippen LogP) is 1.67. The molecule has 1 N–H and O–H groups in total. The number of carbonyl (C=O) groups excluding carboxylic acids is 1. The highest BCUT2D eigenvalue weighted by Gasteiger charge is 2.21. The summed E-state index contributed by atoms with van der Waals surface area (Å²) in [7, 11) is 0. The van der Waals surface area contributed by atoms with Gasteiger partial charge in [-0.1, -0.05) is 17.3 Å². The molecule has 0 atom stereocenters. The van der Waals surface area contributed by atoms with E-state index >= 15 is 0 Å². The number of carbonyl (C=O) groups is 1. The number of hydrogen-bond donors (Lipinski definition) is 1. The SMILES string of the molecule is O=C(CCC1CC1)Nc1cnns1. The van der Waals surface area contributed by atoms with Crippen LogP contribution < -0.4 is 5.32 Å². The summed E-state index contributed by atoms with van der Waals surface area (Å²) in [4.78, 5) is 11.3. The standard InChI is InChI=1S/C8H11N3OS/c12-7(4-3-6-1-2-6)10-8-5-9-11-13-8/h5-6H,1-4H2,(H,10,12). The summed E-state index contributed by atoms with van der Waals surface area (Å²) in [5.74, 6) is 0.892. The van der Waals surface area contributed by atoms with Gasteiger partial charge in [-0.15, -0.1) is 5.10 Å². The van der Waals surface area contributed by atoms with E-state index in [9.17, 15) is 4.79 Å². The molecule has 5 heteroatoms. The molecule has 1 aromatic rings. The average molecular weight is 197 g/mol. The lowest BCUT2D eigenvalue weighted by Crippen LogP contribution is -2.10. The highest BCUT2D eigenvalue weighted by molar-refractivity contribution is 7.10. The van der Waals surface area contributed by atoms with Crippen molar-refractivity contribution in [2.24, 2.45) is 5.92 Å². The minimum atomic E-state index is 0.0814. The molecule has 2 rings (SSSR count). The van der Waals surface area contributed by atoms with Crippen LogP contribution in [0.5, 0.6) is 0 Å². The minimum absolute atomic E-state index is 0.0814. The lowest BCUT2D eigenvalue weighted by molar-refractivity contribution is -0.116. The second-order valence-electron chi connectivity index (χ2n) is 3.31. The van der Waals surface area contributed by atoms with Crippen molar-refractivity contribution in [1.82, 2.24) is 9.59 Å². The van der Waals surface area contributed by atoms with E-state index in [1.807, 2.05) is 0 Å². The van der Waals surface area contributed by atoms with Gasteiger partial charge >= 0.3 is 0 Å². The van der Waals surface area contributed by atoms with Gasteiger partial charge in [0.05, 0.1) is 6.20 Å². The summed E-state index contributed by atoms with van der Waals surface area (Å²) < 4.78 is 3.66. The van der Waals surface area contributed by atoms with E-state index in [0.29, 0.717) is 6.42 Å². The van der Waals surface area contributed by atoms with E-state index in [1.165, 1.54) is 24.4 Å². The molecule has 1 saturated carbocycles. The minimum Gasteiger partial charge on any atom is -0.315 e. The van der Waals surface area contributed by atoms with Crippen molar-refractivity contribution < 1.29 is 4.79 Å². The first kappa shape index (κ1) is 8.62. The summed E-state index contributed by atoms with van der Waals surface area (Å²) in [5, 5.41) is 7.13. The third-order valence-electron chi connectivity index (χ3n) is 2.10. The van der Waals surface area contributed by atoms with Gasteiger partial charge in [0.1, 0.15) is 5.00 Å². The molecular formula is C8H11N3OS. The van der Waals surface area contributed by atoms with Crippen LogP contribution in [0.15, 0.2) is 6.20 Å². The summed E-state index contributed by atoms with van der Waals surface area (Å²) in [6.45, 7) is 0. The molecule has 0 spiro atoms. The molecule has 1 fully saturated rings. The van der Waals surface area contributed by atoms with Crippen molar-refractivity contribution in [2.75, 3.05) is 5.32 Å². The van der Waals surface area contributed by atoms with E-state index in [0.717, 1.165) is 17.3 Å². The van der Waals surface area contributed by atoms with Crippen LogP contribution >= 0.6 is 11.5 Å². The zero-order valence-electron chi connectivity index (χ0n) is 7.19. The molecular weight excluding hydrogens is 186 g/mol. The van der Waals surface area contributed by atoms with Gasteiger partial charge in [-0.2, -0.15) is 0 Å². The second-order valence-corrected chi connectivity index (χ2v) is 4.10. The third kappa shape index (κ3) is 2.77. The van der Waals surface area contributed by atoms with Gasteiger partial charge in [0, 0.05) is 18.0 Å². The molecule has 1 aliphatic rings. The monoisotopic (exact) mass is 197 g/mol. The molecule has 70 valence electrons. The summed E-state index contributed by atoms with van der Waals surface area (Å²) in [6, 6.07) is 0. The molecule has 0 radical (unpaired) electrons. The normalized spacial score (nSPS) is 15.7. The molecule has 0 unspecified atom stereocenters. The van der Waals surface area contributed by atoms with Gasteiger partial charge in [-0.3, -0.25) is 4.79 Å². The summed E-state index contributed by atoms with van der Waals surface area (Å²) in [6.07, 6.45) is 5.82. The molecule has 0 aliphatic heterocycles. The van der Waals surface area contributed by atoms with Gasteiger partial charge in [0.25, 0.3) is 0 Å². The molecule has 1 aliphatic carbocycles. The lowest BCUT2D eigenvalue weighted by Gasteiger charge is -1.99. The van der Waals surface area contributed by atoms with E-state index in [-0.39, 0.29) is 5.91 Å². The molecule has 13 heavy (non-hydrogen) atoms. The Labute approximate surface area is 80.5 Å². The quantitative estimate of drug-likeness (QED) is 0.798. The first-order chi connectivity index (χ1) is 6.34. The predicted molar refractivity (Wildman–Crippen MR) is 50.5 cm³/mol. The van der Waals surface area contributed by atoms with E-state index < -0.39 is 0 Å². The van der Waals surface area contributed by atoms with Crippen LogP contribution in [0.1, 0.15) is 25.7 Å². The maximum atomic E-state index is 11.3. The number of amides is 1. The number of nitrogens with one attached hydrogen (secondary N) is 1. The van der Waals surface area contributed by atoms with Gasteiger partial charge < -0.3 is 5.32 Å². The zero-order valence-corrected chi connectivity index (χ0v) is 8.01. The number of hydrogen-bond acceptors (Lipinski definition) is 4. The van der Waals surface area contributed by atoms with E-state index in [2.05, 4.69) is 14.9 Å². The van der Waals surface area contributed by atoms with Gasteiger partial charge in [-0.05, 0) is 12.3 Å². The fourth-order valence-electron chi connectivity index (χ4n) is 1.16. The third-order valence-corrected chi connectivity index (χ3v) is 2.68. The van der Waals surface area contributed by atoms with Crippen molar-refractivity contribution in [2.45, 2.75) is 25.7 Å². The van der Waals surface area contributed by atoms with Gasteiger partial charge in [0.2, 0.25) is 5.91 Å². The second kappa shape index (κ2) is 3.83. The first-order valence-electron chi connectivity index (χ1n) is 4.42. The number of rotatable bonds is 4. The fraction of sp³-hybridized carbons (Fsp3) is 0.625. The van der Waals surface area contributed by atoms with Gasteiger partial charge in [0.15, 0.2) is 0 Å². The molecule has 0 bridgehead atoms. The molecule has 1 aromatic heterocycles. The Hall–Kier alpha value is -0.970. The van der Waals surface area contributed by atoms with E-state index in [1.54, 1.807) is 6.20 Å². The van der Waals surface area contributed by atoms with Crippen molar-refractivity contribution in [3.05, 3.63) is 6.20 Å². The van der Waals surface area contributed by atoms with Crippen molar-refractivity contribution in [1.29, 1.82) is 0 Å². The topological polar surface area (TPSA) is 54.9 Å². The van der Waals surface area contributed by atoms with Gasteiger partial charge in [-0.25, -0.2) is 0 Å². The van der Waals surface area contributed by atoms with Crippen LogP contribution in [0.2, 0.25) is 0 Å². The molecule has 1 amide bonds. The number of aromatic nitrogens is 2. The maximum absolute atomic E-state index is 11.3. The Morgan fingerprint density at radius 2 is 2.54 bits per heavy atom. The maximum Gasteiger partial charge on any atom is 0.225 e. The Morgan fingerprint density at radius 3 is 3.15 bits per heavy atom. The zero-order chi connectivity index (χ0) is 9.10. The van der Waals surface area contributed by atoms with Crippen molar-refractivity contribution >= 4 is 22.4 Å². The molecule has 0 aromatic carbocycles. The van der Waals surface area contributed by atoms with Crippen LogP contribution in [0.4, 0.5) is 5.00 Å². The molecule has 4 nitrogen and oxygen atoms in total. The fourth-order valence-corrected chi connectivity index (χ4v) is 1.60. The highest BCUT2D eigenvalue weighted by atomic mass is 32.1. The number of nitrogens with zero attached hydrogens (tertiary/aromatic N) is 2. The van der Waals surface area contributed by atoms with Crippen LogP contribution in [0.25, 0.3) is 0 Å². The van der Waals surface area contributed by atoms with Crippen molar-refractivity contribution in [3.8, 4) is 0 Å². The molecule has 1 heterocycles. The van der Waals surface area contributed by atoms with E-state index in [4.69, 9.17) is 0 Å². The Balaban J connectivity index is 1.71. The average Bonchev–Trinajstić information content (AvgIpc) is 2.82. The summed E-state index contributed by atoms with van der Waals surface area (Å²) in [5.41, 5.74) is 0. The summed E-state index contributed by atoms with van der Waals surface area (Å²) >= 11 is 1.21. The van der Waals surface area contributed by atoms with Crippen LogP contribution in [0.3, 0.4) is 0 Å². The Kier molecular flexibility index (Phi) is 2.54. The lowest BCUT2D eigenvalue weighted by atomic mass is 10.2. The van der Waals surface area contributed by atoms with Crippen LogP contribution in [0, 0.1) is 5.92 Å². The van der Waals surface area contributed by atoms with Crippen LogP contribution in [-0.2, 0) is 4.79 Å². The highest BCUT2D eigenvalue weighted by Crippen LogP contribution is 2.33. The smallest absolute Gasteiger partial charge is 0.225 e. The number of anilines is 1. The first-order valence-corrected chi connectivity index (χ1v) is 5.19. The molecule has 0 saturated heterocycles. The van der Waals surface area contributed by atoms with Crippen LogP contribution in [-0.4, -0.2) is 15.5 Å². The Bertz CT molecular complexity index is 282.